The van der Waals surface area contributed by atoms with Crippen molar-refractivity contribution in [2.24, 2.45) is 0 Å². The van der Waals surface area contributed by atoms with Gasteiger partial charge >= 0.3 is 0 Å². The molecule has 20 heavy (non-hydrogen) atoms. The van der Waals surface area contributed by atoms with Gasteiger partial charge in [0, 0.05) is 31.7 Å². The number of carbonyl (C=O) groups excluding carboxylic acids is 1. The Hall–Kier alpha value is -1.39. The SMILES string of the molecule is COc1cc(C)c(C(=O)CN2CCNCC2)c(C)c1C. The molecule has 0 bridgehead atoms. The lowest BCUT2D eigenvalue weighted by Crippen LogP contribution is -2.45. The summed E-state index contributed by atoms with van der Waals surface area (Å²) in [6.07, 6.45) is 0. The molecule has 0 amide bonds. The number of nitrogens with zero attached hydrogens (tertiary/aromatic N) is 1. The van der Waals surface area contributed by atoms with Gasteiger partial charge in [-0.05, 0) is 43.5 Å². The minimum Gasteiger partial charge on any atom is -0.496 e. The Morgan fingerprint density at radius 2 is 1.90 bits per heavy atom. The summed E-state index contributed by atoms with van der Waals surface area (Å²) in [6, 6.07) is 1.97. The molecule has 4 nitrogen and oxygen atoms in total. The van der Waals surface area contributed by atoms with E-state index in [1.165, 1.54) is 0 Å². The molecule has 0 radical (unpaired) electrons. The van der Waals surface area contributed by atoms with Gasteiger partial charge in [0.15, 0.2) is 5.78 Å². The van der Waals surface area contributed by atoms with Crippen molar-refractivity contribution in [2.45, 2.75) is 20.8 Å². The minimum absolute atomic E-state index is 0.215. The lowest BCUT2D eigenvalue weighted by Gasteiger charge is -2.27. The molecule has 0 atom stereocenters. The first-order chi connectivity index (χ1) is 9.54. The number of carbonyl (C=O) groups is 1. The molecule has 1 N–H and O–H groups in total. The third-order valence-corrected chi connectivity index (χ3v) is 4.12. The number of methoxy groups -OCH3 is 1. The molecule has 0 saturated carbocycles. The van der Waals surface area contributed by atoms with Crippen LogP contribution in [0, 0.1) is 20.8 Å². The highest BCUT2D eigenvalue weighted by Crippen LogP contribution is 2.27. The van der Waals surface area contributed by atoms with E-state index in [0.717, 1.165) is 54.2 Å². The van der Waals surface area contributed by atoms with E-state index in [2.05, 4.69) is 10.2 Å². The lowest BCUT2D eigenvalue weighted by atomic mass is 9.94. The van der Waals surface area contributed by atoms with E-state index in [-0.39, 0.29) is 5.78 Å². The van der Waals surface area contributed by atoms with Crippen molar-refractivity contribution in [2.75, 3.05) is 39.8 Å². The normalized spacial score (nSPS) is 16.2. The Labute approximate surface area is 121 Å². The maximum atomic E-state index is 12.6. The molecule has 1 heterocycles. The smallest absolute Gasteiger partial charge is 0.177 e. The number of benzene rings is 1. The predicted octanol–water partition coefficient (Wildman–Crippen LogP) is 1.71. The molecule has 1 aliphatic rings. The van der Waals surface area contributed by atoms with Gasteiger partial charge in [0.05, 0.1) is 13.7 Å². The molecule has 2 rings (SSSR count). The monoisotopic (exact) mass is 276 g/mol. The molecule has 1 aromatic rings. The van der Waals surface area contributed by atoms with Gasteiger partial charge in [0.25, 0.3) is 0 Å². The second-order valence-electron chi connectivity index (χ2n) is 5.47. The number of nitrogens with one attached hydrogen (secondary N) is 1. The number of hydrogen-bond acceptors (Lipinski definition) is 4. The van der Waals surface area contributed by atoms with Crippen molar-refractivity contribution in [1.82, 2.24) is 10.2 Å². The fourth-order valence-corrected chi connectivity index (χ4v) is 2.84. The number of rotatable bonds is 4. The predicted molar refractivity (Wildman–Crippen MR) is 80.8 cm³/mol. The van der Waals surface area contributed by atoms with Crippen molar-refractivity contribution in [1.29, 1.82) is 0 Å². The zero-order chi connectivity index (χ0) is 14.7. The number of piperazine rings is 1. The first-order valence-corrected chi connectivity index (χ1v) is 7.15. The summed E-state index contributed by atoms with van der Waals surface area (Å²) in [4.78, 5) is 14.8. The number of ether oxygens (including phenoxy) is 1. The first kappa shape index (κ1) is 15.0. The molecular formula is C16H24N2O2. The fourth-order valence-electron chi connectivity index (χ4n) is 2.84. The van der Waals surface area contributed by atoms with Crippen LogP contribution in [0.1, 0.15) is 27.0 Å². The Morgan fingerprint density at radius 3 is 2.50 bits per heavy atom. The van der Waals surface area contributed by atoms with Gasteiger partial charge in [-0.15, -0.1) is 0 Å². The van der Waals surface area contributed by atoms with E-state index in [0.29, 0.717) is 6.54 Å². The Bertz CT molecular complexity index is 506. The molecular weight excluding hydrogens is 252 g/mol. The molecule has 0 spiro atoms. The van der Waals surface area contributed by atoms with Crippen molar-refractivity contribution in [3.8, 4) is 5.75 Å². The summed E-state index contributed by atoms with van der Waals surface area (Å²) in [5.74, 6) is 1.08. The maximum absolute atomic E-state index is 12.6. The van der Waals surface area contributed by atoms with E-state index < -0.39 is 0 Å². The van der Waals surface area contributed by atoms with Crippen LogP contribution in [-0.4, -0.2) is 50.5 Å². The average Bonchev–Trinajstić information content (AvgIpc) is 2.44. The molecule has 0 aromatic heterocycles. The summed E-state index contributed by atoms with van der Waals surface area (Å²) in [5, 5.41) is 3.31. The standard InChI is InChI=1S/C16H24N2O2/c1-11-9-15(20-4)12(2)13(3)16(11)14(19)10-18-7-5-17-6-8-18/h9,17H,5-8,10H2,1-4H3. The van der Waals surface area contributed by atoms with Crippen LogP contribution in [0.3, 0.4) is 0 Å². The Kier molecular flexibility index (Phi) is 4.78. The second kappa shape index (κ2) is 6.37. The molecule has 1 aliphatic heterocycles. The molecule has 110 valence electrons. The maximum Gasteiger partial charge on any atom is 0.177 e. The quantitative estimate of drug-likeness (QED) is 0.850. The summed E-state index contributed by atoms with van der Waals surface area (Å²) >= 11 is 0. The van der Waals surface area contributed by atoms with Crippen LogP contribution in [0.2, 0.25) is 0 Å². The molecule has 1 saturated heterocycles. The van der Waals surface area contributed by atoms with Crippen molar-refractivity contribution < 1.29 is 9.53 Å². The van der Waals surface area contributed by atoms with E-state index in [9.17, 15) is 4.79 Å². The molecule has 4 heteroatoms. The third kappa shape index (κ3) is 3.02. The summed E-state index contributed by atoms with van der Waals surface area (Å²) < 4.78 is 5.36. The van der Waals surface area contributed by atoms with Crippen LogP contribution < -0.4 is 10.1 Å². The van der Waals surface area contributed by atoms with Crippen LogP contribution in [0.25, 0.3) is 0 Å². The highest BCUT2D eigenvalue weighted by Gasteiger charge is 2.20. The van der Waals surface area contributed by atoms with Crippen LogP contribution in [-0.2, 0) is 0 Å². The molecule has 0 aliphatic carbocycles. The van der Waals surface area contributed by atoms with Gasteiger partial charge in [-0.2, -0.15) is 0 Å². The highest BCUT2D eigenvalue weighted by molar-refractivity contribution is 6.00. The van der Waals surface area contributed by atoms with Crippen LogP contribution in [0.5, 0.6) is 5.75 Å². The zero-order valence-corrected chi connectivity index (χ0v) is 12.9. The average molecular weight is 276 g/mol. The number of aryl methyl sites for hydroxylation is 1. The fraction of sp³-hybridized carbons (Fsp3) is 0.562. The van der Waals surface area contributed by atoms with E-state index >= 15 is 0 Å². The largest absolute Gasteiger partial charge is 0.496 e. The summed E-state index contributed by atoms with van der Waals surface area (Å²) in [7, 11) is 1.67. The van der Waals surface area contributed by atoms with Crippen molar-refractivity contribution in [3.05, 3.63) is 28.3 Å². The zero-order valence-electron chi connectivity index (χ0n) is 12.9. The van der Waals surface area contributed by atoms with Gasteiger partial charge in [-0.3, -0.25) is 9.69 Å². The third-order valence-electron chi connectivity index (χ3n) is 4.12. The van der Waals surface area contributed by atoms with Gasteiger partial charge in [-0.1, -0.05) is 0 Å². The van der Waals surface area contributed by atoms with Crippen LogP contribution in [0.4, 0.5) is 0 Å². The molecule has 1 fully saturated rings. The van der Waals surface area contributed by atoms with Gasteiger partial charge in [-0.25, -0.2) is 0 Å². The summed E-state index contributed by atoms with van der Waals surface area (Å²) in [5.41, 5.74) is 3.97. The number of hydrogen-bond donors (Lipinski definition) is 1. The van der Waals surface area contributed by atoms with E-state index in [1.54, 1.807) is 7.11 Å². The van der Waals surface area contributed by atoms with Crippen molar-refractivity contribution in [3.63, 3.8) is 0 Å². The summed E-state index contributed by atoms with van der Waals surface area (Å²) in [6.45, 7) is 10.3. The van der Waals surface area contributed by atoms with Gasteiger partial charge in [0.2, 0.25) is 0 Å². The van der Waals surface area contributed by atoms with Gasteiger partial charge in [0.1, 0.15) is 5.75 Å². The second-order valence-corrected chi connectivity index (χ2v) is 5.47. The van der Waals surface area contributed by atoms with E-state index in [4.69, 9.17) is 4.74 Å². The number of ketones is 1. The first-order valence-electron chi connectivity index (χ1n) is 7.15. The Morgan fingerprint density at radius 1 is 1.25 bits per heavy atom. The topological polar surface area (TPSA) is 41.6 Å². The Balaban J connectivity index is 2.23. The van der Waals surface area contributed by atoms with E-state index in [1.807, 2.05) is 26.8 Å². The highest BCUT2D eigenvalue weighted by atomic mass is 16.5. The van der Waals surface area contributed by atoms with Crippen LogP contribution in [0.15, 0.2) is 6.07 Å². The van der Waals surface area contributed by atoms with Gasteiger partial charge < -0.3 is 10.1 Å². The van der Waals surface area contributed by atoms with Crippen molar-refractivity contribution >= 4 is 5.78 Å². The van der Waals surface area contributed by atoms with Crippen LogP contribution >= 0.6 is 0 Å². The molecule has 1 aromatic carbocycles. The number of Topliss-reactive ketones (excluding diaryl/α,β-unsaturated/α-hetero) is 1. The lowest BCUT2D eigenvalue weighted by molar-refractivity contribution is 0.0920. The molecule has 0 unspecified atom stereocenters. The minimum atomic E-state index is 0.215.